The molecule has 0 radical (unpaired) electrons. The van der Waals surface area contributed by atoms with Crippen molar-refractivity contribution in [3.8, 4) is 5.88 Å². The summed E-state index contributed by atoms with van der Waals surface area (Å²) in [6.07, 6.45) is 4.11. The fourth-order valence-electron chi connectivity index (χ4n) is 2.62. The lowest BCUT2D eigenvalue weighted by Gasteiger charge is -2.28. The third-order valence-corrected chi connectivity index (χ3v) is 3.84. The molecule has 1 fully saturated rings. The second kappa shape index (κ2) is 6.76. The van der Waals surface area contributed by atoms with Crippen LogP contribution in [0.1, 0.15) is 48.5 Å². The first-order valence-corrected chi connectivity index (χ1v) is 7.47. The zero-order chi connectivity index (χ0) is 15.4. The summed E-state index contributed by atoms with van der Waals surface area (Å²) in [5, 5.41) is 3.44. The lowest BCUT2D eigenvalue weighted by atomic mass is 9.92. The predicted octanol–water partition coefficient (Wildman–Crippen LogP) is 1.57. The minimum atomic E-state index is -0.524. The molecule has 2 rings (SSSR count). The molecule has 116 valence electrons. The van der Waals surface area contributed by atoms with E-state index in [0.717, 1.165) is 37.1 Å². The first-order chi connectivity index (χ1) is 10.0. The Kier molecular flexibility index (Phi) is 5.01. The van der Waals surface area contributed by atoms with Crippen LogP contribution in [0.3, 0.4) is 0 Å². The lowest BCUT2D eigenvalue weighted by molar-refractivity contribution is 0.0995. The van der Waals surface area contributed by atoms with E-state index in [0.29, 0.717) is 30.1 Å². The van der Waals surface area contributed by atoms with Gasteiger partial charge in [-0.05, 0) is 51.2 Å². The Morgan fingerprint density at radius 2 is 2.10 bits per heavy atom. The molecular weight excluding hydrogens is 268 g/mol. The number of nitrogens with zero attached hydrogens (tertiary/aromatic N) is 1. The second-order valence-corrected chi connectivity index (χ2v) is 5.56. The summed E-state index contributed by atoms with van der Waals surface area (Å²) < 4.78 is 5.43. The van der Waals surface area contributed by atoms with Crippen LogP contribution in [0.4, 0.5) is 5.82 Å². The average Bonchev–Trinajstić information content (AvgIpc) is 2.44. The van der Waals surface area contributed by atoms with Crippen molar-refractivity contribution in [2.75, 3.05) is 11.9 Å². The highest BCUT2D eigenvalue weighted by Gasteiger charge is 2.21. The molecule has 0 aliphatic heterocycles. The maximum absolute atomic E-state index is 11.5. The number of primary amides is 1. The SMILES string of the molecule is CCOc1nc(NC2CCC(N)CC2)c(C)cc1C(N)=O. The van der Waals surface area contributed by atoms with Gasteiger partial charge in [0, 0.05) is 12.1 Å². The molecule has 0 bridgehead atoms. The number of hydrogen-bond donors (Lipinski definition) is 3. The number of aryl methyl sites for hydroxylation is 1. The number of aromatic nitrogens is 1. The van der Waals surface area contributed by atoms with E-state index in [9.17, 15) is 4.79 Å². The topological polar surface area (TPSA) is 103 Å². The van der Waals surface area contributed by atoms with Crippen molar-refractivity contribution in [1.29, 1.82) is 0 Å². The van der Waals surface area contributed by atoms with Crippen molar-refractivity contribution in [1.82, 2.24) is 4.98 Å². The van der Waals surface area contributed by atoms with E-state index in [4.69, 9.17) is 16.2 Å². The van der Waals surface area contributed by atoms with Gasteiger partial charge >= 0.3 is 0 Å². The fourth-order valence-corrected chi connectivity index (χ4v) is 2.62. The van der Waals surface area contributed by atoms with E-state index in [-0.39, 0.29) is 0 Å². The number of ether oxygens (including phenoxy) is 1. The normalized spacial score (nSPS) is 21.9. The van der Waals surface area contributed by atoms with Crippen molar-refractivity contribution in [2.45, 2.75) is 51.6 Å². The molecule has 1 aliphatic rings. The highest BCUT2D eigenvalue weighted by Crippen LogP contribution is 2.26. The first kappa shape index (κ1) is 15.6. The third kappa shape index (κ3) is 3.85. The zero-order valence-electron chi connectivity index (χ0n) is 12.7. The molecule has 6 heteroatoms. The molecule has 21 heavy (non-hydrogen) atoms. The van der Waals surface area contributed by atoms with Gasteiger partial charge in [0.05, 0.1) is 6.61 Å². The molecule has 1 saturated carbocycles. The predicted molar refractivity (Wildman–Crippen MR) is 82.5 cm³/mol. The minimum absolute atomic E-state index is 0.297. The van der Waals surface area contributed by atoms with E-state index in [1.807, 2.05) is 13.8 Å². The van der Waals surface area contributed by atoms with Gasteiger partial charge in [0.15, 0.2) is 0 Å². The summed E-state index contributed by atoms with van der Waals surface area (Å²) in [5.74, 6) is 0.527. The van der Waals surface area contributed by atoms with Crippen molar-refractivity contribution in [3.63, 3.8) is 0 Å². The summed E-state index contributed by atoms with van der Waals surface area (Å²) in [5.41, 5.74) is 12.5. The molecule has 0 aromatic carbocycles. The molecule has 0 saturated heterocycles. The van der Waals surface area contributed by atoms with Gasteiger partial charge in [-0.1, -0.05) is 0 Å². The van der Waals surface area contributed by atoms with Crippen LogP contribution < -0.4 is 21.5 Å². The van der Waals surface area contributed by atoms with Gasteiger partial charge in [-0.2, -0.15) is 4.98 Å². The average molecular weight is 292 g/mol. The number of nitrogens with two attached hydrogens (primary N) is 2. The van der Waals surface area contributed by atoms with Crippen LogP contribution >= 0.6 is 0 Å². The lowest BCUT2D eigenvalue weighted by Crippen LogP contribution is -2.33. The van der Waals surface area contributed by atoms with Crippen LogP contribution in [0, 0.1) is 6.92 Å². The standard InChI is InChI=1S/C15H24N4O2/c1-3-21-15-12(13(17)20)8-9(2)14(19-15)18-11-6-4-10(16)5-7-11/h8,10-11H,3-7,16H2,1-2H3,(H2,17,20)(H,18,19). The van der Waals surface area contributed by atoms with E-state index < -0.39 is 5.91 Å². The van der Waals surface area contributed by atoms with Gasteiger partial charge in [0.25, 0.3) is 5.91 Å². The van der Waals surface area contributed by atoms with Gasteiger partial charge in [0.2, 0.25) is 5.88 Å². The first-order valence-electron chi connectivity index (χ1n) is 7.47. The zero-order valence-corrected chi connectivity index (χ0v) is 12.7. The van der Waals surface area contributed by atoms with Gasteiger partial charge in [-0.15, -0.1) is 0 Å². The largest absolute Gasteiger partial charge is 0.477 e. The highest BCUT2D eigenvalue weighted by atomic mass is 16.5. The van der Waals surface area contributed by atoms with Crippen LogP contribution in [-0.4, -0.2) is 29.6 Å². The smallest absolute Gasteiger partial charge is 0.254 e. The quantitative estimate of drug-likeness (QED) is 0.764. The Bertz CT molecular complexity index is 511. The van der Waals surface area contributed by atoms with E-state index in [1.165, 1.54) is 0 Å². The Labute approximate surface area is 125 Å². The Hall–Kier alpha value is -1.82. The van der Waals surface area contributed by atoms with Gasteiger partial charge < -0.3 is 21.5 Å². The van der Waals surface area contributed by atoms with Crippen LogP contribution in [0.25, 0.3) is 0 Å². The minimum Gasteiger partial charge on any atom is -0.477 e. The number of pyridine rings is 1. The number of rotatable bonds is 5. The third-order valence-electron chi connectivity index (χ3n) is 3.84. The number of nitrogens with one attached hydrogen (secondary N) is 1. The number of carbonyl (C=O) groups excluding carboxylic acids is 1. The molecule has 1 amide bonds. The van der Waals surface area contributed by atoms with Crippen molar-refractivity contribution in [3.05, 3.63) is 17.2 Å². The highest BCUT2D eigenvalue weighted by molar-refractivity contribution is 5.95. The molecule has 1 heterocycles. The van der Waals surface area contributed by atoms with Crippen LogP contribution in [0.5, 0.6) is 5.88 Å². The van der Waals surface area contributed by atoms with Crippen molar-refractivity contribution < 1.29 is 9.53 Å². The van der Waals surface area contributed by atoms with Gasteiger partial charge in [-0.3, -0.25) is 4.79 Å². The summed E-state index contributed by atoms with van der Waals surface area (Å²) in [6.45, 7) is 4.20. The van der Waals surface area contributed by atoms with Crippen molar-refractivity contribution >= 4 is 11.7 Å². The molecule has 1 aliphatic carbocycles. The van der Waals surface area contributed by atoms with Crippen LogP contribution in [0.2, 0.25) is 0 Å². The van der Waals surface area contributed by atoms with Gasteiger partial charge in [-0.25, -0.2) is 0 Å². The number of hydrogen-bond acceptors (Lipinski definition) is 5. The Morgan fingerprint density at radius 3 is 2.67 bits per heavy atom. The molecule has 0 unspecified atom stereocenters. The summed E-state index contributed by atoms with van der Waals surface area (Å²) in [6, 6.07) is 2.41. The Balaban J connectivity index is 2.19. The molecular formula is C15H24N4O2. The summed E-state index contributed by atoms with van der Waals surface area (Å²) in [4.78, 5) is 15.9. The van der Waals surface area contributed by atoms with Crippen molar-refractivity contribution in [2.24, 2.45) is 11.5 Å². The molecule has 6 nitrogen and oxygen atoms in total. The number of amides is 1. The molecule has 0 spiro atoms. The monoisotopic (exact) mass is 292 g/mol. The van der Waals surface area contributed by atoms with E-state index in [1.54, 1.807) is 6.07 Å². The summed E-state index contributed by atoms with van der Waals surface area (Å²) in [7, 11) is 0. The van der Waals surface area contributed by atoms with Crippen LogP contribution in [-0.2, 0) is 0 Å². The second-order valence-electron chi connectivity index (χ2n) is 5.56. The molecule has 1 aromatic rings. The van der Waals surface area contributed by atoms with Gasteiger partial charge in [0.1, 0.15) is 11.4 Å². The number of anilines is 1. The van der Waals surface area contributed by atoms with Crippen LogP contribution in [0.15, 0.2) is 6.07 Å². The molecule has 5 N–H and O–H groups in total. The number of carbonyl (C=O) groups is 1. The maximum atomic E-state index is 11.5. The molecule has 1 aromatic heterocycles. The van der Waals surface area contributed by atoms with E-state index >= 15 is 0 Å². The molecule has 0 atom stereocenters. The maximum Gasteiger partial charge on any atom is 0.254 e. The Morgan fingerprint density at radius 1 is 1.43 bits per heavy atom. The van der Waals surface area contributed by atoms with E-state index in [2.05, 4.69) is 10.3 Å². The summed E-state index contributed by atoms with van der Waals surface area (Å²) >= 11 is 0. The fraction of sp³-hybridized carbons (Fsp3) is 0.600.